The first kappa shape index (κ1) is 17.2. The molecule has 7 heteroatoms. The van der Waals surface area contributed by atoms with Crippen LogP contribution in [0, 0.1) is 0 Å². The second-order valence-electron chi connectivity index (χ2n) is 5.26. The van der Waals surface area contributed by atoms with E-state index >= 15 is 0 Å². The van der Waals surface area contributed by atoms with Crippen molar-refractivity contribution in [1.82, 2.24) is 15.5 Å². The molecule has 0 fully saturated rings. The maximum atomic E-state index is 6.22. The van der Waals surface area contributed by atoms with Crippen LogP contribution in [0.25, 0.3) is 11.4 Å². The van der Waals surface area contributed by atoms with Gasteiger partial charge in [-0.3, -0.25) is 0 Å². The molecule has 0 bridgehead atoms. The van der Waals surface area contributed by atoms with Crippen LogP contribution in [0.1, 0.15) is 24.4 Å². The lowest BCUT2D eigenvalue weighted by molar-refractivity contribution is 0.360. The van der Waals surface area contributed by atoms with Gasteiger partial charge in [-0.2, -0.15) is 4.98 Å². The highest BCUT2D eigenvalue weighted by Gasteiger charge is 2.14. The molecule has 124 valence electrons. The molecule has 4 nitrogen and oxygen atoms in total. The molecule has 0 amide bonds. The average Bonchev–Trinajstić information content (AvgIpc) is 3.02. The summed E-state index contributed by atoms with van der Waals surface area (Å²) in [6.45, 7) is 2.41. The Kier molecular flexibility index (Phi) is 5.41. The van der Waals surface area contributed by atoms with E-state index in [9.17, 15) is 0 Å². The molecule has 0 radical (unpaired) electrons. The first-order valence-corrected chi connectivity index (χ1v) is 8.44. The van der Waals surface area contributed by atoms with Crippen molar-refractivity contribution in [3.8, 4) is 11.4 Å². The van der Waals surface area contributed by atoms with Gasteiger partial charge in [-0.25, -0.2) is 0 Å². The zero-order valence-electron chi connectivity index (χ0n) is 12.8. The summed E-state index contributed by atoms with van der Waals surface area (Å²) in [5.74, 6) is 0.941. The normalized spacial score (nSPS) is 12.3. The van der Waals surface area contributed by atoms with Crippen molar-refractivity contribution in [3.63, 3.8) is 0 Å². The summed E-state index contributed by atoms with van der Waals surface area (Å²) in [5, 5.41) is 9.08. The van der Waals surface area contributed by atoms with Crippen molar-refractivity contribution >= 4 is 34.8 Å². The van der Waals surface area contributed by atoms with E-state index in [4.69, 9.17) is 39.3 Å². The van der Waals surface area contributed by atoms with Crippen LogP contribution in [0.3, 0.4) is 0 Å². The van der Waals surface area contributed by atoms with Crippen molar-refractivity contribution in [3.05, 3.63) is 69.0 Å². The highest BCUT2D eigenvalue weighted by molar-refractivity contribution is 6.35. The van der Waals surface area contributed by atoms with Crippen molar-refractivity contribution < 1.29 is 4.52 Å². The van der Waals surface area contributed by atoms with Gasteiger partial charge in [0.15, 0.2) is 0 Å². The number of aromatic nitrogens is 2. The number of benzene rings is 2. The third-order valence-corrected chi connectivity index (χ3v) is 4.46. The maximum Gasteiger partial charge on any atom is 0.240 e. The molecule has 1 heterocycles. The lowest BCUT2D eigenvalue weighted by Crippen LogP contribution is -2.18. The second kappa shape index (κ2) is 7.53. The van der Waals surface area contributed by atoms with Crippen LogP contribution in [0.2, 0.25) is 15.1 Å². The van der Waals surface area contributed by atoms with Crippen molar-refractivity contribution in [2.24, 2.45) is 0 Å². The number of hydrogen-bond acceptors (Lipinski definition) is 4. The van der Waals surface area contributed by atoms with Crippen molar-refractivity contribution in [2.75, 3.05) is 0 Å². The minimum absolute atomic E-state index is 0.00503. The van der Waals surface area contributed by atoms with Crippen LogP contribution in [0.15, 0.2) is 47.0 Å². The minimum atomic E-state index is 0.00503. The van der Waals surface area contributed by atoms with Gasteiger partial charge in [0.25, 0.3) is 0 Å². The highest BCUT2D eigenvalue weighted by atomic mass is 35.5. The summed E-state index contributed by atoms with van der Waals surface area (Å²) >= 11 is 18.3. The molecule has 1 aromatic heterocycles. The van der Waals surface area contributed by atoms with E-state index in [1.807, 2.05) is 37.3 Å². The Morgan fingerprint density at radius 2 is 1.88 bits per heavy atom. The van der Waals surface area contributed by atoms with Gasteiger partial charge in [-0.1, -0.05) is 58.2 Å². The van der Waals surface area contributed by atoms with E-state index in [1.165, 1.54) is 0 Å². The van der Waals surface area contributed by atoms with Crippen LogP contribution in [0.5, 0.6) is 0 Å². The Morgan fingerprint density at radius 3 is 2.62 bits per heavy atom. The fourth-order valence-electron chi connectivity index (χ4n) is 2.28. The third-order valence-electron chi connectivity index (χ3n) is 3.57. The fourth-order valence-corrected chi connectivity index (χ4v) is 3.07. The van der Waals surface area contributed by atoms with E-state index in [2.05, 4.69) is 15.5 Å². The van der Waals surface area contributed by atoms with Gasteiger partial charge in [-0.05, 0) is 36.8 Å². The highest BCUT2D eigenvalue weighted by Crippen LogP contribution is 2.27. The van der Waals surface area contributed by atoms with E-state index < -0.39 is 0 Å². The smallest absolute Gasteiger partial charge is 0.240 e. The maximum absolute atomic E-state index is 6.22. The van der Waals surface area contributed by atoms with Gasteiger partial charge in [-0.15, -0.1) is 0 Å². The van der Waals surface area contributed by atoms with Crippen LogP contribution in [-0.4, -0.2) is 10.1 Å². The van der Waals surface area contributed by atoms with Gasteiger partial charge in [0, 0.05) is 21.7 Å². The first-order valence-electron chi connectivity index (χ1n) is 7.30. The molecule has 0 saturated heterocycles. The summed E-state index contributed by atoms with van der Waals surface area (Å²) in [6.07, 6.45) is 0. The molecule has 1 atom stereocenters. The zero-order valence-corrected chi connectivity index (χ0v) is 15.0. The second-order valence-corrected chi connectivity index (χ2v) is 6.51. The fraction of sp³-hybridized carbons (Fsp3) is 0.176. The number of rotatable bonds is 5. The Hall–Kier alpha value is -1.59. The van der Waals surface area contributed by atoms with Gasteiger partial charge in [0.2, 0.25) is 11.7 Å². The lowest BCUT2D eigenvalue weighted by atomic mass is 10.1. The van der Waals surface area contributed by atoms with E-state index in [0.29, 0.717) is 33.3 Å². The topological polar surface area (TPSA) is 51.0 Å². The number of nitrogens with one attached hydrogen (secondary N) is 1. The molecular weight excluding hydrogens is 369 g/mol. The molecule has 0 aliphatic rings. The Balaban J connectivity index is 1.68. The number of halogens is 3. The molecule has 1 N–H and O–H groups in total. The summed E-state index contributed by atoms with van der Waals surface area (Å²) in [4.78, 5) is 4.36. The van der Waals surface area contributed by atoms with Gasteiger partial charge < -0.3 is 9.84 Å². The lowest BCUT2D eigenvalue weighted by Gasteiger charge is -2.14. The largest absolute Gasteiger partial charge is 0.338 e. The molecule has 0 aliphatic carbocycles. The third kappa shape index (κ3) is 3.90. The predicted octanol–water partition coefficient (Wildman–Crippen LogP) is 5.55. The Morgan fingerprint density at radius 1 is 1.08 bits per heavy atom. The molecule has 0 saturated carbocycles. The molecular formula is C17H14Cl3N3O. The van der Waals surface area contributed by atoms with Gasteiger partial charge in [0.1, 0.15) is 0 Å². The van der Waals surface area contributed by atoms with Crippen LogP contribution in [0.4, 0.5) is 0 Å². The summed E-state index contributed by atoms with van der Waals surface area (Å²) in [6, 6.07) is 12.8. The Labute approximate surface area is 154 Å². The monoisotopic (exact) mass is 381 g/mol. The first-order chi connectivity index (χ1) is 11.5. The quantitative estimate of drug-likeness (QED) is 0.628. The standard InChI is InChI=1S/C17H14Cl3N3O/c1-10(12-7-6-11(18)8-15(12)20)21-9-16-22-17(23-24-16)13-4-2-3-5-14(13)19/h2-8,10,21H,9H2,1H3/t10-/m1/s1. The van der Waals surface area contributed by atoms with Crippen LogP contribution < -0.4 is 5.32 Å². The van der Waals surface area contributed by atoms with Crippen LogP contribution in [-0.2, 0) is 6.54 Å². The number of hydrogen-bond donors (Lipinski definition) is 1. The number of nitrogens with zero attached hydrogens (tertiary/aromatic N) is 2. The molecule has 3 rings (SSSR count). The van der Waals surface area contributed by atoms with E-state index in [1.54, 1.807) is 12.1 Å². The summed E-state index contributed by atoms with van der Waals surface area (Å²) < 4.78 is 5.27. The molecule has 0 unspecified atom stereocenters. The summed E-state index contributed by atoms with van der Waals surface area (Å²) in [7, 11) is 0. The molecule has 0 spiro atoms. The Bertz CT molecular complexity index is 851. The van der Waals surface area contributed by atoms with E-state index in [0.717, 1.165) is 11.1 Å². The van der Waals surface area contributed by atoms with E-state index in [-0.39, 0.29) is 6.04 Å². The molecule has 2 aromatic carbocycles. The predicted molar refractivity (Wildman–Crippen MR) is 96.5 cm³/mol. The summed E-state index contributed by atoms with van der Waals surface area (Å²) in [5.41, 5.74) is 1.69. The average molecular weight is 383 g/mol. The molecule has 3 aromatic rings. The van der Waals surface area contributed by atoms with Crippen LogP contribution >= 0.6 is 34.8 Å². The zero-order chi connectivity index (χ0) is 17.1. The van der Waals surface area contributed by atoms with Gasteiger partial charge in [0.05, 0.1) is 11.6 Å². The SMILES string of the molecule is C[C@@H](NCc1nc(-c2ccccc2Cl)no1)c1ccc(Cl)cc1Cl. The minimum Gasteiger partial charge on any atom is -0.338 e. The molecule has 0 aliphatic heterocycles. The van der Waals surface area contributed by atoms with Crippen molar-refractivity contribution in [2.45, 2.75) is 19.5 Å². The molecule has 24 heavy (non-hydrogen) atoms. The van der Waals surface area contributed by atoms with Crippen molar-refractivity contribution in [1.29, 1.82) is 0 Å². The van der Waals surface area contributed by atoms with Gasteiger partial charge >= 0.3 is 0 Å².